The highest BCUT2D eigenvalue weighted by Gasteiger charge is 2.12. The van der Waals surface area contributed by atoms with Crippen molar-refractivity contribution in [3.05, 3.63) is 34.4 Å². The molecule has 1 aliphatic rings. The van der Waals surface area contributed by atoms with Crippen LogP contribution in [0.3, 0.4) is 0 Å². The van der Waals surface area contributed by atoms with Gasteiger partial charge < -0.3 is 10.6 Å². The fourth-order valence-electron chi connectivity index (χ4n) is 2.71. The topological polar surface area (TPSA) is 24.1 Å². The van der Waals surface area contributed by atoms with Gasteiger partial charge in [0.05, 0.1) is 0 Å². The Labute approximate surface area is 111 Å². The third-order valence-corrected chi connectivity index (χ3v) is 4.16. The van der Waals surface area contributed by atoms with Gasteiger partial charge >= 0.3 is 0 Å². The molecule has 0 spiro atoms. The van der Waals surface area contributed by atoms with Crippen molar-refractivity contribution in [3.8, 4) is 0 Å². The van der Waals surface area contributed by atoms with E-state index in [0.29, 0.717) is 0 Å². The number of hydrogen-bond acceptors (Lipinski definition) is 2. The summed E-state index contributed by atoms with van der Waals surface area (Å²) in [5, 5.41) is 7.05. The Bertz CT molecular complexity index is 392. The molecule has 0 aromatic heterocycles. The first kappa shape index (κ1) is 13.6. The number of hydrogen-bond donors (Lipinski definition) is 2. The fourth-order valence-corrected chi connectivity index (χ4v) is 2.71. The molecular formula is C16H26N2. The van der Waals surface area contributed by atoms with Gasteiger partial charge in [0.25, 0.3) is 0 Å². The molecule has 0 bridgehead atoms. The second-order valence-corrected chi connectivity index (χ2v) is 5.69. The molecule has 1 aliphatic heterocycles. The van der Waals surface area contributed by atoms with Gasteiger partial charge in [0.15, 0.2) is 0 Å². The second-order valence-electron chi connectivity index (χ2n) is 5.69. The molecule has 18 heavy (non-hydrogen) atoms. The van der Waals surface area contributed by atoms with Crippen molar-refractivity contribution in [2.24, 2.45) is 5.92 Å². The third-order valence-electron chi connectivity index (χ3n) is 4.16. The quantitative estimate of drug-likeness (QED) is 0.853. The SMILES string of the molecule is Cc1cc(C)c(CNCC2CCNCC2)cc1C. The van der Waals surface area contributed by atoms with Crippen LogP contribution in [0, 0.1) is 26.7 Å². The molecule has 1 saturated heterocycles. The minimum atomic E-state index is 0.859. The summed E-state index contributed by atoms with van der Waals surface area (Å²) in [6, 6.07) is 4.64. The van der Waals surface area contributed by atoms with Crippen molar-refractivity contribution in [2.75, 3.05) is 19.6 Å². The molecule has 2 N–H and O–H groups in total. The highest BCUT2D eigenvalue weighted by Crippen LogP contribution is 2.16. The van der Waals surface area contributed by atoms with E-state index in [-0.39, 0.29) is 0 Å². The molecule has 0 aliphatic carbocycles. The van der Waals surface area contributed by atoms with Crippen LogP contribution >= 0.6 is 0 Å². The Morgan fingerprint density at radius 3 is 2.44 bits per heavy atom. The highest BCUT2D eigenvalue weighted by atomic mass is 14.9. The number of aryl methyl sites for hydroxylation is 3. The average molecular weight is 246 g/mol. The van der Waals surface area contributed by atoms with Crippen molar-refractivity contribution in [3.63, 3.8) is 0 Å². The Kier molecular flexibility index (Phi) is 4.79. The molecule has 2 rings (SSSR count). The second kappa shape index (κ2) is 6.35. The normalized spacial score (nSPS) is 17.1. The largest absolute Gasteiger partial charge is 0.317 e. The molecule has 2 nitrogen and oxygen atoms in total. The predicted octanol–water partition coefficient (Wildman–Crippen LogP) is 2.70. The standard InChI is InChI=1S/C16H26N2/c1-12-8-14(3)16(9-13(12)2)11-18-10-15-4-6-17-7-5-15/h8-9,15,17-18H,4-7,10-11H2,1-3H3. The van der Waals surface area contributed by atoms with Crippen LogP contribution in [0.2, 0.25) is 0 Å². The zero-order chi connectivity index (χ0) is 13.0. The fraction of sp³-hybridized carbons (Fsp3) is 0.625. The van der Waals surface area contributed by atoms with E-state index in [1.54, 1.807) is 0 Å². The van der Waals surface area contributed by atoms with Gasteiger partial charge in [-0.15, -0.1) is 0 Å². The summed E-state index contributed by atoms with van der Waals surface area (Å²) >= 11 is 0. The average Bonchev–Trinajstić information content (AvgIpc) is 2.37. The molecule has 2 heteroatoms. The van der Waals surface area contributed by atoms with E-state index >= 15 is 0 Å². The van der Waals surface area contributed by atoms with Gasteiger partial charge in [0.1, 0.15) is 0 Å². The Balaban J connectivity index is 1.84. The number of nitrogens with one attached hydrogen (secondary N) is 2. The van der Waals surface area contributed by atoms with Crippen molar-refractivity contribution < 1.29 is 0 Å². The van der Waals surface area contributed by atoms with Crippen LogP contribution in [0.25, 0.3) is 0 Å². The van der Waals surface area contributed by atoms with E-state index in [4.69, 9.17) is 0 Å². The number of piperidine rings is 1. The van der Waals surface area contributed by atoms with E-state index in [9.17, 15) is 0 Å². The van der Waals surface area contributed by atoms with Crippen LogP contribution in [0.5, 0.6) is 0 Å². The van der Waals surface area contributed by atoms with Crippen molar-refractivity contribution >= 4 is 0 Å². The minimum absolute atomic E-state index is 0.859. The molecule has 1 fully saturated rings. The van der Waals surface area contributed by atoms with Crippen LogP contribution in [0.1, 0.15) is 35.1 Å². The number of rotatable bonds is 4. The lowest BCUT2D eigenvalue weighted by Gasteiger charge is -2.23. The maximum atomic E-state index is 3.63. The summed E-state index contributed by atoms with van der Waals surface area (Å²) < 4.78 is 0. The molecule has 0 atom stereocenters. The zero-order valence-corrected chi connectivity index (χ0v) is 12.0. The van der Waals surface area contributed by atoms with E-state index in [0.717, 1.165) is 19.0 Å². The van der Waals surface area contributed by atoms with Gasteiger partial charge in [-0.1, -0.05) is 12.1 Å². The van der Waals surface area contributed by atoms with E-state index in [2.05, 4.69) is 43.5 Å². The van der Waals surface area contributed by atoms with Crippen molar-refractivity contribution in [1.29, 1.82) is 0 Å². The summed E-state index contributed by atoms with van der Waals surface area (Å²) in [6.45, 7) is 11.2. The van der Waals surface area contributed by atoms with Gasteiger partial charge in [-0.2, -0.15) is 0 Å². The molecule has 1 aromatic carbocycles. The maximum Gasteiger partial charge on any atom is 0.0208 e. The van der Waals surface area contributed by atoms with E-state index in [1.165, 1.54) is 48.2 Å². The molecule has 0 unspecified atom stereocenters. The molecule has 1 heterocycles. The van der Waals surface area contributed by atoms with E-state index in [1.807, 2.05) is 0 Å². The molecule has 1 aromatic rings. The van der Waals surface area contributed by atoms with Crippen LogP contribution < -0.4 is 10.6 Å². The van der Waals surface area contributed by atoms with Crippen LogP contribution in [-0.4, -0.2) is 19.6 Å². The van der Waals surface area contributed by atoms with Crippen molar-refractivity contribution in [1.82, 2.24) is 10.6 Å². The Morgan fingerprint density at radius 2 is 1.72 bits per heavy atom. The van der Waals surface area contributed by atoms with Gasteiger partial charge in [-0.25, -0.2) is 0 Å². The lowest BCUT2D eigenvalue weighted by atomic mass is 9.97. The molecular weight excluding hydrogens is 220 g/mol. The first-order valence-corrected chi connectivity index (χ1v) is 7.15. The van der Waals surface area contributed by atoms with Gasteiger partial charge in [-0.05, 0) is 81.4 Å². The summed E-state index contributed by atoms with van der Waals surface area (Å²) in [7, 11) is 0. The lowest BCUT2D eigenvalue weighted by Crippen LogP contribution is -2.33. The summed E-state index contributed by atoms with van der Waals surface area (Å²) in [5.74, 6) is 0.859. The first-order valence-electron chi connectivity index (χ1n) is 7.15. The lowest BCUT2D eigenvalue weighted by molar-refractivity contribution is 0.356. The van der Waals surface area contributed by atoms with Crippen molar-refractivity contribution in [2.45, 2.75) is 40.2 Å². The molecule has 0 radical (unpaired) electrons. The Hall–Kier alpha value is -0.860. The number of benzene rings is 1. The van der Waals surface area contributed by atoms with E-state index < -0.39 is 0 Å². The molecule has 0 amide bonds. The molecule has 0 saturated carbocycles. The Morgan fingerprint density at radius 1 is 1.06 bits per heavy atom. The van der Waals surface area contributed by atoms with Crippen LogP contribution in [-0.2, 0) is 6.54 Å². The van der Waals surface area contributed by atoms with Crippen LogP contribution in [0.15, 0.2) is 12.1 Å². The summed E-state index contributed by atoms with van der Waals surface area (Å²) in [4.78, 5) is 0. The first-order chi connectivity index (χ1) is 8.66. The maximum absolute atomic E-state index is 3.63. The van der Waals surface area contributed by atoms with Gasteiger partial charge in [0, 0.05) is 6.54 Å². The van der Waals surface area contributed by atoms with Gasteiger partial charge in [-0.3, -0.25) is 0 Å². The summed E-state index contributed by atoms with van der Waals surface area (Å²) in [5.41, 5.74) is 5.66. The molecule has 100 valence electrons. The zero-order valence-electron chi connectivity index (χ0n) is 12.0. The van der Waals surface area contributed by atoms with Gasteiger partial charge in [0.2, 0.25) is 0 Å². The predicted molar refractivity (Wildman–Crippen MR) is 78.0 cm³/mol. The monoisotopic (exact) mass is 246 g/mol. The third kappa shape index (κ3) is 3.56. The summed E-state index contributed by atoms with van der Waals surface area (Å²) in [6.07, 6.45) is 2.64. The smallest absolute Gasteiger partial charge is 0.0208 e. The highest BCUT2D eigenvalue weighted by molar-refractivity contribution is 5.36. The van der Waals surface area contributed by atoms with Crippen LogP contribution in [0.4, 0.5) is 0 Å². The minimum Gasteiger partial charge on any atom is -0.317 e.